The predicted molar refractivity (Wildman–Crippen MR) is 118 cm³/mol. The molecule has 3 rings (SSSR count). The van der Waals surface area contributed by atoms with Crippen molar-refractivity contribution in [3.63, 3.8) is 0 Å². The molecule has 2 amide bonds. The number of aromatic nitrogens is 2. The van der Waals surface area contributed by atoms with E-state index < -0.39 is 29.8 Å². The van der Waals surface area contributed by atoms with Crippen LogP contribution in [0.2, 0.25) is 0 Å². The van der Waals surface area contributed by atoms with Crippen molar-refractivity contribution in [3.8, 4) is 11.3 Å². The van der Waals surface area contributed by atoms with Gasteiger partial charge in [0.25, 0.3) is 11.6 Å². The van der Waals surface area contributed by atoms with E-state index in [1.54, 1.807) is 6.92 Å². The topological polar surface area (TPSA) is 115 Å². The number of carbonyl (C=O) groups excluding carboxylic acids is 3. The van der Waals surface area contributed by atoms with E-state index in [9.17, 15) is 18.8 Å². The van der Waals surface area contributed by atoms with E-state index in [2.05, 4.69) is 15.5 Å². The van der Waals surface area contributed by atoms with Gasteiger partial charge >= 0.3 is 5.97 Å². The smallest absolute Gasteiger partial charge is 0.339 e. The van der Waals surface area contributed by atoms with Gasteiger partial charge in [-0.05, 0) is 58.0 Å². The lowest BCUT2D eigenvalue weighted by molar-refractivity contribution is -0.137. The minimum Gasteiger partial charge on any atom is -0.452 e. The second kappa shape index (κ2) is 9.35. The zero-order valence-electron chi connectivity index (χ0n) is 19.1. The van der Waals surface area contributed by atoms with E-state index in [1.807, 2.05) is 20.8 Å². The molecule has 0 saturated carbocycles. The number of aryl methyl sites for hydroxylation is 1. The van der Waals surface area contributed by atoms with Gasteiger partial charge in [-0.25, -0.2) is 14.2 Å². The molecule has 0 bridgehead atoms. The molecule has 1 aromatic carbocycles. The Kier molecular flexibility index (Phi) is 6.75. The number of benzene rings is 1. The predicted octanol–water partition coefficient (Wildman–Crippen LogP) is 2.87. The average molecular weight is 456 g/mol. The zero-order chi connectivity index (χ0) is 24.3. The number of esters is 1. The number of nitrogens with zero attached hydrogens (tertiary/aromatic N) is 3. The van der Waals surface area contributed by atoms with E-state index in [0.717, 1.165) is 0 Å². The Labute approximate surface area is 189 Å². The molecule has 1 N–H and O–H groups in total. The second-order valence-corrected chi connectivity index (χ2v) is 8.63. The van der Waals surface area contributed by atoms with Crippen molar-refractivity contribution in [1.82, 2.24) is 20.4 Å². The van der Waals surface area contributed by atoms with E-state index in [0.29, 0.717) is 22.3 Å². The number of ether oxygens (including phenoxy) is 1. The summed E-state index contributed by atoms with van der Waals surface area (Å²) >= 11 is 0. The largest absolute Gasteiger partial charge is 0.452 e. The van der Waals surface area contributed by atoms with Crippen molar-refractivity contribution in [1.29, 1.82) is 0 Å². The van der Waals surface area contributed by atoms with Crippen LogP contribution in [0, 0.1) is 12.7 Å². The molecule has 0 unspecified atom stereocenters. The first-order valence-corrected chi connectivity index (χ1v) is 10.2. The average Bonchev–Trinajstić information content (AvgIpc) is 3.11. The summed E-state index contributed by atoms with van der Waals surface area (Å²) in [6.45, 7) is 6.41. The molecule has 33 heavy (non-hydrogen) atoms. The van der Waals surface area contributed by atoms with Crippen molar-refractivity contribution in [2.45, 2.75) is 33.2 Å². The normalized spacial score (nSPS) is 11.3. The highest BCUT2D eigenvalue weighted by molar-refractivity contribution is 6.04. The van der Waals surface area contributed by atoms with Crippen molar-refractivity contribution >= 4 is 28.9 Å². The summed E-state index contributed by atoms with van der Waals surface area (Å²) in [5, 5.41) is 6.96. The van der Waals surface area contributed by atoms with Crippen molar-refractivity contribution in [2.75, 3.05) is 20.2 Å². The summed E-state index contributed by atoms with van der Waals surface area (Å²) in [6, 6.07) is 7.06. The Morgan fingerprint density at radius 2 is 1.85 bits per heavy atom. The van der Waals surface area contributed by atoms with Gasteiger partial charge in [-0.15, -0.1) is 0 Å². The van der Waals surface area contributed by atoms with Gasteiger partial charge in [-0.3, -0.25) is 9.59 Å². The van der Waals surface area contributed by atoms with Gasteiger partial charge in [0.1, 0.15) is 5.82 Å². The molecule has 3 aromatic rings. The quantitative estimate of drug-likeness (QED) is 0.567. The highest BCUT2D eigenvalue weighted by Gasteiger charge is 2.23. The number of carbonyl (C=O) groups is 3. The van der Waals surface area contributed by atoms with Gasteiger partial charge in [0.2, 0.25) is 5.91 Å². The van der Waals surface area contributed by atoms with Crippen LogP contribution in [-0.4, -0.2) is 58.6 Å². The van der Waals surface area contributed by atoms with Crippen LogP contribution in [-0.2, 0) is 14.3 Å². The van der Waals surface area contributed by atoms with Crippen LogP contribution in [0.25, 0.3) is 22.4 Å². The number of pyridine rings is 1. The third kappa shape index (κ3) is 5.91. The van der Waals surface area contributed by atoms with E-state index >= 15 is 0 Å². The molecular weight excluding hydrogens is 431 g/mol. The molecule has 2 heterocycles. The molecule has 0 atom stereocenters. The fourth-order valence-electron chi connectivity index (χ4n) is 3.10. The highest BCUT2D eigenvalue weighted by atomic mass is 19.1. The van der Waals surface area contributed by atoms with Crippen molar-refractivity contribution in [3.05, 3.63) is 47.4 Å². The third-order valence-electron chi connectivity index (χ3n) is 4.62. The summed E-state index contributed by atoms with van der Waals surface area (Å²) in [7, 11) is 1.44. The molecule has 0 aliphatic carbocycles. The van der Waals surface area contributed by atoms with Crippen LogP contribution in [0.15, 0.2) is 34.9 Å². The first-order valence-electron chi connectivity index (χ1n) is 10.2. The SMILES string of the molecule is Cc1noc2nc(-c3ccc(F)cc3)cc(C(=O)OCC(=O)N(C)CC(=O)NC(C)(C)C)c12. The molecule has 174 valence electrons. The Morgan fingerprint density at radius 1 is 1.18 bits per heavy atom. The number of rotatable bonds is 6. The summed E-state index contributed by atoms with van der Waals surface area (Å²) in [5.41, 5.74) is 1.13. The third-order valence-corrected chi connectivity index (χ3v) is 4.62. The molecule has 10 heteroatoms. The number of fused-ring (bicyclic) bond motifs is 1. The van der Waals surface area contributed by atoms with E-state index in [4.69, 9.17) is 9.26 Å². The molecule has 0 aliphatic heterocycles. The lowest BCUT2D eigenvalue weighted by atomic mass is 10.1. The number of halogens is 1. The first-order chi connectivity index (χ1) is 15.4. The maximum atomic E-state index is 13.3. The zero-order valence-corrected chi connectivity index (χ0v) is 19.1. The maximum absolute atomic E-state index is 13.3. The summed E-state index contributed by atoms with van der Waals surface area (Å²) in [6.07, 6.45) is 0. The molecule has 2 aromatic heterocycles. The minimum absolute atomic E-state index is 0.110. The maximum Gasteiger partial charge on any atom is 0.339 e. The van der Waals surface area contributed by atoms with Gasteiger partial charge in [-0.1, -0.05) is 5.16 Å². The van der Waals surface area contributed by atoms with Crippen molar-refractivity contribution < 1.29 is 28.0 Å². The van der Waals surface area contributed by atoms with Crippen LogP contribution in [0.3, 0.4) is 0 Å². The fraction of sp³-hybridized carbons (Fsp3) is 0.348. The number of hydrogen-bond donors (Lipinski definition) is 1. The van der Waals surface area contributed by atoms with Gasteiger partial charge in [-0.2, -0.15) is 0 Å². The minimum atomic E-state index is -0.780. The number of nitrogens with one attached hydrogen (secondary N) is 1. The lowest BCUT2D eigenvalue weighted by Gasteiger charge is -2.23. The molecule has 0 saturated heterocycles. The standard InChI is InChI=1S/C23H25FN4O5/c1-13-20-16(10-17(25-21(20)33-27-13)14-6-8-15(24)9-7-14)22(31)32-12-19(30)28(5)11-18(29)26-23(2,3)4/h6-10H,11-12H2,1-5H3,(H,26,29). The van der Waals surface area contributed by atoms with Crippen LogP contribution in [0.5, 0.6) is 0 Å². The summed E-state index contributed by atoms with van der Waals surface area (Å²) < 4.78 is 23.7. The van der Waals surface area contributed by atoms with Crippen LogP contribution >= 0.6 is 0 Å². The Bertz CT molecular complexity index is 1200. The monoisotopic (exact) mass is 456 g/mol. The molecule has 0 spiro atoms. The van der Waals surface area contributed by atoms with Crippen LogP contribution in [0.4, 0.5) is 4.39 Å². The summed E-state index contributed by atoms with van der Waals surface area (Å²) in [5.74, 6) is -2.06. The highest BCUT2D eigenvalue weighted by Crippen LogP contribution is 2.27. The molecular formula is C23H25FN4O5. The molecule has 0 aliphatic rings. The number of hydrogen-bond acceptors (Lipinski definition) is 7. The first kappa shape index (κ1) is 23.8. The Hall–Kier alpha value is -3.82. The van der Waals surface area contributed by atoms with Crippen LogP contribution < -0.4 is 5.32 Å². The lowest BCUT2D eigenvalue weighted by Crippen LogP contribution is -2.46. The van der Waals surface area contributed by atoms with Crippen molar-refractivity contribution in [2.24, 2.45) is 0 Å². The van der Waals surface area contributed by atoms with Gasteiger partial charge in [0.05, 0.1) is 28.9 Å². The molecule has 0 radical (unpaired) electrons. The van der Waals surface area contributed by atoms with E-state index in [-0.39, 0.29) is 23.7 Å². The Morgan fingerprint density at radius 3 is 2.48 bits per heavy atom. The van der Waals surface area contributed by atoms with E-state index in [1.165, 1.54) is 42.3 Å². The van der Waals surface area contributed by atoms with Crippen LogP contribution in [0.1, 0.15) is 36.8 Å². The van der Waals surface area contributed by atoms with Gasteiger partial charge in [0.15, 0.2) is 6.61 Å². The van der Waals surface area contributed by atoms with Gasteiger partial charge in [0, 0.05) is 18.2 Å². The second-order valence-electron chi connectivity index (χ2n) is 8.63. The fourth-order valence-corrected chi connectivity index (χ4v) is 3.10. The van der Waals surface area contributed by atoms with Gasteiger partial charge < -0.3 is 19.5 Å². The molecule has 9 nitrogen and oxygen atoms in total. The number of likely N-dealkylation sites (N-methyl/N-ethyl adjacent to an activating group) is 1. The molecule has 0 fully saturated rings. The summed E-state index contributed by atoms with van der Waals surface area (Å²) in [4.78, 5) is 42.8. The Balaban J connectivity index is 1.76. The number of amides is 2.